The molecule has 0 spiro atoms. The van der Waals surface area contributed by atoms with Crippen molar-refractivity contribution in [3.05, 3.63) is 47.8 Å². The van der Waals surface area contributed by atoms with E-state index in [2.05, 4.69) is 10.3 Å². The highest BCUT2D eigenvalue weighted by molar-refractivity contribution is 5.94. The Labute approximate surface area is 159 Å². The summed E-state index contributed by atoms with van der Waals surface area (Å²) >= 11 is 0. The zero-order chi connectivity index (χ0) is 19.6. The smallest absolute Gasteiger partial charge is 0.193 e. The Kier molecular flexibility index (Phi) is 7.73. The van der Waals surface area contributed by atoms with E-state index in [9.17, 15) is 4.39 Å². The van der Waals surface area contributed by atoms with Crippen molar-refractivity contribution < 1.29 is 18.6 Å². The summed E-state index contributed by atoms with van der Waals surface area (Å²) < 4.78 is 29.5. The Hall–Kier alpha value is -2.96. The monoisotopic (exact) mass is 375 g/mol. The molecule has 0 bridgehead atoms. The number of aliphatic imine (C=N–C) groups is 1. The minimum atomic E-state index is -0.386. The van der Waals surface area contributed by atoms with Gasteiger partial charge in [0.1, 0.15) is 11.5 Å². The number of guanidine groups is 1. The Morgan fingerprint density at radius 2 is 1.85 bits per heavy atom. The van der Waals surface area contributed by atoms with Crippen molar-refractivity contribution in [2.75, 3.05) is 32.2 Å². The van der Waals surface area contributed by atoms with Crippen molar-refractivity contribution in [3.8, 4) is 17.2 Å². The van der Waals surface area contributed by atoms with Crippen molar-refractivity contribution in [3.63, 3.8) is 0 Å². The third-order valence-corrected chi connectivity index (χ3v) is 3.72. The van der Waals surface area contributed by atoms with Crippen LogP contribution in [0.5, 0.6) is 17.2 Å². The van der Waals surface area contributed by atoms with E-state index in [0.717, 1.165) is 11.3 Å². The molecular weight excluding hydrogens is 349 g/mol. The first-order valence-electron chi connectivity index (χ1n) is 8.86. The number of halogens is 1. The van der Waals surface area contributed by atoms with Gasteiger partial charge in [-0.05, 0) is 50.1 Å². The summed E-state index contributed by atoms with van der Waals surface area (Å²) in [6.07, 6.45) is 0.607. The van der Waals surface area contributed by atoms with Crippen LogP contribution in [0.1, 0.15) is 19.4 Å². The Bertz CT molecular complexity index is 781. The highest BCUT2D eigenvalue weighted by atomic mass is 19.1. The van der Waals surface area contributed by atoms with Gasteiger partial charge in [0.2, 0.25) is 0 Å². The first-order valence-corrected chi connectivity index (χ1v) is 8.86. The van der Waals surface area contributed by atoms with Gasteiger partial charge in [-0.1, -0.05) is 6.07 Å². The zero-order valence-electron chi connectivity index (χ0n) is 15.9. The molecule has 7 heteroatoms. The molecule has 0 aliphatic rings. The normalized spacial score (nSPS) is 11.2. The van der Waals surface area contributed by atoms with Crippen molar-refractivity contribution in [1.29, 1.82) is 0 Å². The van der Waals surface area contributed by atoms with Gasteiger partial charge in [0.05, 0.1) is 26.0 Å². The molecule has 3 N–H and O–H groups in total. The fraction of sp³-hybridized carbons (Fsp3) is 0.350. The second kappa shape index (κ2) is 10.3. The lowest BCUT2D eigenvalue weighted by molar-refractivity contribution is 0.332. The number of rotatable bonds is 9. The molecule has 2 rings (SSSR count). The van der Waals surface area contributed by atoms with Gasteiger partial charge in [-0.3, -0.25) is 4.99 Å². The fourth-order valence-electron chi connectivity index (χ4n) is 2.49. The largest absolute Gasteiger partial charge is 0.494 e. The summed E-state index contributed by atoms with van der Waals surface area (Å²) in [7, 11) is 1.44. The summed E-state index contributed by atoms with van der Waals surface area (Å²) in [6.45, 7) is 5.38. The first kappa shape index (κ1) is 20.4. The lowest BCUT2D eigenvalue weighted by atomic mass is 10.1. The van der Waals surface area contributed by atoms with Crippen LogP contribution in [-0.4, -0.2) is 32.8 Å². The van der Waals surface area contributed by atoms with Gasteiger partial charge >= 0.3 is 0 Å². The van der Waals surface area contributed by atoms with Crippen molar-refractivity contribution in [2.24, 2.45) is 10.7 Å². The standard InChI is InChI=1S/C20H26FN3O3/c1-4-26-15-7-9-18(27-5-2)17(13-15)24-20(22)23-11-10-14-6-8-16(21)19(12-14)25-3/h6-9,12-13H,4-5,10-11H2,1-3H3,(H3,22,23,24). The molecule has 0 amide bonds. The summed E-state index contributed by atoms with van der Waals surface area (Å²) in [4.78, 5) is 4.32. The van der Waals surface area contributed by atoms with E-state index >= 15 is 0 Å². The third kappa shape index (κ3) is 6.06. The minimum absolute atomic E-state index is 0.219. The van der Waals surface area contributed by atoms with E-state index in [1.165, 1.54) is 13.2 Å². The molecule has 0 atom stereocenters. The zero-order valence-corrected chi connectivity index (χ0v) is 15.9. The first-order chi connectivity index (χ1) is 13.1. The van der Waals surface area contributed by atoms with E-state index < -0.39 is 0 Å². The van der Waals surface area contributed by atoms with E-state index in [0.29, 0.717) is 37.6 Å². The molecule has 2 aromatic carbocycles. The minimum Gasteiger partial charge on any atom is -0.494 e. The number of hydrogen-bond donors (Lipinski definition) is 2. The van der Waals surface area contributed by atoms with E-state index in [1.54, 1.807) is 12.1 Å². The number of methoxy groups -OCH3 is 1. The molecule has 0 heterocycles. The highest BCUT2D eigenvalue weighted by Crippen LogP contribution is 2.29. The number of nitrogens with two attached hydrogens (primary N) is 1. The lowest BCUT2D eigenvalue weighted by Crippen LogP contribution is -2.23. The van der Waals surface area contributed by atoms with E-state index in [4.69, 9.17) is 19.9 Å². The molecule has 0 unspecified atom stereocenters. The van der Waals surface area contributed by atoms with Crippen LogP contribution in [0.15, 0.2) is 41.4 Å². The van der Waals surface area contributed by atoms with Gasteiger partial charge in [0.15, 0.2) is 17.5 Å². The predicted octanol–water partition coefficient (Wildman–Crippen LogP) is 3.60. The molecule has 0 saturated heterocycles. The summed E-state index contributed by atoms with van der Waals surface area (Å²) in [5.74, 6) is 1.48. The molecule has 0 saturated carbocycles. The van der Waals surface area contributed by atoms with E-state index in [-0.39, 0.29) is 17.5 Å². The predicted molar refractivity (Wildman–Crippen MR) is 106 cm³/mol. The summed E-state index contributed by atoms with van der Waals surface area (Å²) in [5.41, 5.74) is 7.60. The molecular formula is C20H26FN3O3. The Balaban J connectivity index is 2.03. The van der Waals surface area contributed by atoms with Crippen molar-refractivity contribution >= 4 is 11.6 Å². The van der Waals surface area contributed by atoms with Crippen LogP contribution in [0.3, 0.4) is 0 Å². The fourth-order valence-corrected chi connectivity index (χ4v) is 2.49. The van der Waals surface area contributed by atoms with Crippen LogP contribution < -0.4 is 25.3 Å². The maximum absolute atomic E-state index is 13.4. The second-order valence-corrected chi connectivity index (χ2v) is 5.63. The van der Waals surface area contributed by atoms with Crippen LogP contribution in [0.4, 0.5) is 10.1 Å². The van der Waals surface area contributed by atoms with Crippen molar-refractivity contribution in [1.82, 2.24) is 0 Å². The van der Waals surface area contributed by atoms with Crippen LogP contribution in [0, 0.1) is 5.82 Å². The van der Waals surface area contributed by atoms with Gasteiger partial charge in [-0.15, -0.1) is 0 Å². The Morgan fingerprint density at radius 3 is 2.56 bits per heavy atom. The molecule has 2 aromatic rings. The topological polar surface area (TPSA) is 78.1 Å². The number of hydrogen-bond acceptors (Lipinski definition) is 4. The van der Waals surface area contributed by atoms with Gasteiger partial charge in [0, 0.05) is 12.6 Å². The molecule has 6 nitrogen and oxygen atoms in total. The Morgan fingerprint density at radius 1 is 1.07 bits per heavy atom. The summed E-state index contributed by atoms with van der Waals surface area (Å²) in [5, 5.41) is 3.05. The van der Waals surface area contributed by atoms with Gasteiger partial charge in [0.25, 0.3) is 0 Å². The SMILES string of the molecule is CCOc1ccc(OCC)c(NC(N)=NCCc2ccc(F)c(OC)c2)c1. The van der Waals surface area contributed by atoms with Crippen LogP contribution in [0.2, 0.25) is 0 Å². The van der Waals surface area contributed by atoms with Crippen LogP contribution in [-0.2, 0) is 6.42 Å². The molecule has 0 fully saturated rings. The number of ether oxygens (including phenoxy) is 3. The molecule has 0 aliphatic carbocycles. The van der Waals surface area contributed by atoms with Crippen LogP contribution >= 0.6 is 0 Å². The quantitative estimate of drug-likeness (QED) is 0.517. The van der Waals surface area contributed by atoms with Gasteiger partial charge < -0.3 is 25.3 Å². The number of nitrogens with one attached hydrogen (secondary N) is 1. The third-order valence-electron chi connectivity index (χ3n) is 3.72. The molecule has 0 aromatic heterocycles. The molecule has 0 aliphatic heterocycles. The maximum atomic E-state index is 13.4. The lowest BCUT2D eigenvalue weighted by Gasteiger charge is -2.14. The number of nitrogens with zero attached hydrogens (tertiary/aromatic N) is 1. The summed E-state index contributed by atoms with van der Waals surface area (Å²) in [6, 6.07) is 10.2. The number of benzene rings is 2. The van der Waals surface area contributed by atoms with Crippen LogP contribution in [0.25, 0.3) is 0 Å². The van der Waals surface area contributed by atoms with E-state index in [1.807, 2.05) is 32.0 Å². The molecule has 27 heavy (non-hydrogen) atoms. The molecule has 0 radical (unpaired) electrons. The second-order valence-electron chi connectivity index (χ2n) is 5.63. The molecule has 146 valence electrons. The average molecular weight is 375 g/mol. The van der Waals surface area contributed by atoms with Gasteiger partial charge in [-0.25, -0.2) is 4.39 Å². The number of anilines is 1. The van der Waals surface area contributed by atoms with Crippen molar-refractivity contribution in [2.45, 2.75) is 20.3 Å². The highest BCUT2D eigenvalue weighted by Gasteiger charge is 2.07. The van der Waals surface area contributed by atoms with Gasteiger partial charge in [-0.2, -0.15) is 0 Å². The average Bonchev–Trinajstić information content (AvgIpc) is 2.65. The maximum Gasteiger partial charge on any atom is 0.193 e.